The zero-order chi connectivity index (χ0) is 11.4. The predicted molar refractivity (Wildman–Crippen MR) is 71.3 cm³/mol. The van der Waals surface area contributed by atoms with Gasteiger partial charge in [-0.15, -0.1) is 11.3 Å². The Morgan fingerprint density at radius 1 is 1.50 bits per heavy atom. The zero-order valence-electron chi connectivity index (χ0n) is 9.56. The van der Waals surface area contributed by atoms with E-state index in [0.717, 1.165) is 17.8 Å². The lowest BCUT2D eigenvalue weighted by molar-refractivity contribution is 0.557. The smallest absolute Gasteiger partial charge is 0.0897 e. The molecule has 2 nitrogen and oxygen atoms in total. The van der Waals surface area contributed by atoms with E-state index in [2.05, 4.69) is 34.1 Å². The lowest BCUT2D eigenvalue weighted by Gasteiger charge is -2.13. The minimum absolute atomic E-state index is 0.436. The van der Waals surface area contributed by atoms with Crippen LogP contribution in [-0.4, -0.2) is 12.0 Å². The number of aryl methyl sites for hydroxylation is 2. The average molecular weight is 252 g/mol. The highest BCUT2D eigenvalue weighted by Crippen LogP contribution is 2.24. The summed E-state index contributed by atoms with van der Waals surface area (Å²) in [7, 11) is 2.02. The molecular weight excluding hydrogens is 236 g/mol. The second-order valence-electron chi connectivity index (χ2n) is 3.79. The Hall–Kier alpha value is -0.710. The summed E-state index contributed by atoms with van der Waals surface area (Å²) in [5.74, 6) is 0. The third-order valence-corrected chi connectivity index (χ3v) is 4.39. The maximum Gasteiger partial charge on any atom is 0.0897 e. The Labute approximate surface area is 104 Å². The number of thiazole rings is 1. The normalized spacial score (nSPS) is 12.9. The molecule has 2 heterocycles. The molecular formula is C12H16N2S2. The fourth-order valence-corrected chi connectivity index (χ4v) is 3.35. The van der Waals surface area contributed by atoms with Crippen LogP contribution in [0.25, 0.3) is 0 Å². The number of nitrogens with zero attached hydrogens (tertiary/aromatic N) is 1. The first-order chi connectivity index (χ1) is 7.79. The molecule has 0 radical (unpaired) electrons. The summed E-state index contributed by atoms with van der Waals surface area (Å²) >= 11 is 3.56. The maximum absolute atomic E-state index is 4.31. The van der Waals surface area contributed by atoms with Gasteiger partial charge in [-0.1, -0.05) is 0 Å². The van der Waals surface area contributed by atoms with Gasteiger partial charge in [-0.25, -0.2) is 4.98 Å². The fourth-order valence-electron chi connectivity index (χ4n) is 1.71. The van der Waals surface area contributed by atoms with Crippen molar-refractivity contribution in [3.8, 4) is 0 Å². The summed E-state index contributed by atoms with van der Waals surface area (Å²) in [6.07, 6.45) is 4.26. The minimum atomic E-state index is 0.436. The van der Waals surface area contributed by atoms with Gasteiger partial charge in [0, 0.05) is 17.1 Å². The van der Waals surface area contributed by atoms with Crippen molar-refractivity contribution in [2.24, 2.45) is 0 Å². The highest BCUT2D eigenvalue weighted by molar-refractivity contribution is 7.11. The highest BCUT2D eigenvalue weighted by atomic mass is 32.1. The van der Waals surface area contributed by atoms with Crippen LogP contribution in [0, 0.1) is 6.92 Å². The molecule has 1 atom stereocenters. The first kappa shape index (κ1) is 11.8. The standard InChI is InChI=1S/C12H16N2S2/c1-9-14-7-12(16-9)11(13-2)4-3-10-5-6-15-8-10/h5-8,11,13H,3-4H2,1-2H3. The van der Waals surface area contributed by atoms with Crippen LogP contribution in [0.15, 0.2) is 23.0 Å². The number of nitrogens with one attached hydrogen (secondary N) is 1. The van der Waals surface area contributed by atoms with Crippen molar-refractivity contribution in [2.75, 3.05) is 7.05 Å². The van der Waals surface area contributed by atoms with Crippen LogP contribution in [0.4, 0.5) is 0 Å². The molecule has 0 amide bonds. The van der Waals surface area contributed by atoms with Crippen molar-refractivity contribution in [1.82, 2.24) is 10.3 Å². The van der Waals surface area contributed by atoms with E-state index in [-0.39, 0.29) is 0 Å². The van der Waals surface area contributed by atoms with Crippen molar-refractivity contribution in [3.05, 3.63) is 38.5 Å². The van der Waals surface area contributed by atoms with Gasteiger partial charge in [0.05, 0.1) is 5.01 Å². The van der Waals surface area contributed by atoms with Gasteiger partial charge in [-0.2, -0.15) is 11.3 Å². The van der Waals surface area contributed by atoms with Gasteiger partial charge in [0.25, 0.3) is 0 Å². The van der Waals surface area contributed by atoms with Crippen molar-refractivity contribution >= 4 is 22.7 Å². The number of aromatic nitrogens is 1. The lowest BCUT2D eigenvalue weighted by Crippen LogP contribution is -2.15. The van der Waals surface area contributed by atoms with E-state index in [1.54, 1.807) is 22.7 Å². The van der Waals surface area contributed by atoms with E-state index in [1.807, 2.05) is 13.2 Å². The van der Waals surface area contributed by atoms with Crippen LogP contribution in [0.5, 0.6) is 0 Å². The Morgan fingerprint density at radius 3 is 2.94 bits per heavy atom. The van der Waals surface area contributed by atoms with E-state index in [9.17, 15) is 0 Å². The quantitative estimate of drug-likeness (QED) is 0.882. The first-order valence-electron chi connectivity index (χ1n) is 5.40. The van der Waals surface area contributed by atoms with Crippen LogP contribution in [0.1, 0.15) is 27.9 Å². The molecule has 0 aliphatic heterocycles. The number of thiophene rings is 1. The zero-order valence-corrected chi connectivity index (χ0v) is 11.2. The number of hydrogen-bond acceptors (Lipinski definition) is 4. The van der Waals surface area contributed by atoms with E-state index >= 15 is 0 Å². The minimum Gasteiger partial charge on any atom is -0.312 e. The molecule has 2 aromatic heterocycles. The molecule has 2 rings (SSSR count). The average Bonchev–Trinajstić information content (AvgIpc) is 2.91. The van der Waals surface area contributed by atoms with Gasteiger partial charge in [0.1, 0.15) is 0 Å². The van der Waals surface area contributed by atoms with E-state index in [4.69, 9.17) is 0 Å². The molecule has 0 saturated carbocycles. The Bertz CT molecular complexity index is 420. The van der Waals surface area contributed by atoms with Gasteiger partial charge in [0.15, 0.2) is 0 Å². The van der Waals surface area contributed by atoms with Crippen molar-refractivity contribution < 1.29 is 0 Å². The molecule has 0 aliphatic carbocycles. The third kappa shape index (κ3) is 2.90. The fraction of sp³-hybridized carbons (Fsp3) is 0.417. The summed E-state index contributed by atoms with van der Waals surface area (Å²) in [6.45, 7) is 2.06. The van der Waals surface area contributed by atoms with Gasteiger partial charge in [-0.3, -0.25) is 0 Å². The summed E-state index contributed by atoms with van der Waals surface area (Å²) < 4.78 is 0. The number of rotatable bonds is 5. The summed E-state index contributed by atoms with van der Waals surface area (Å²) in [5.41, 5.74) is 1.44. The SMILES string of the molecule is CNC(CCc1ccsc1)c1cnc(C)s1. The second-order valence-corrected chi connectivity index (χ2v) is 5.84. The predicted octanol–water partition coefficient (Wildman–Crippen LogP) is 3.41. The van der Waals surface area contributed by atoms with Crippen molar-refractivity contribution in [2.45, 2.75) is 25.8 Å². The molecule has 0 fully saturated rings. The Morgan fingerprint density at radius 2 is 2.38 bits per heavy atom. The molecule has 0 aliphatic rings. The molecule has 0 aromatic carbocycles. The third-order valence-electron chi connectivity index (χ3n) is 2.63. The lowest BCUT2D eigenvalue weighted by atomic mass is 10.1. The highest BCUT2D eigenvalue weighted by Gasteiger charge is 2.11. The molecule has 0 spiro atoms. The Balaban J connectivity index is 1.96. The van der Waals surface area contributed by atoms with Crippen LogP contribution >= 0.6 is 22.7 Å². The molecule has 4 heteroatoms. The second kappa shape index (κ2) is 5.57. The molecule has 86 valence electrons. The molecule has 0 saturated heterocycles. The molecule has 16 heavy (non-hydrogen) atoms. The van der Waals surface area contributed by atoms with E-state index in [0.29, 0.717) is 6.04 Å². The largest absolute Gasteiger partial charge is 0.312 e. The maximum atomic E-state index is 4.31. The molecule has 1 N–H and O–H groups in total. The van der Waals surface area contributed by atoms with Gasteiger partial charge in [-0.05, 0) is 49.2 Å². The number of hydrogen-bond donors (Lipinski definition) is 1. The monoisotopic (exact) mass is 252 g/mol. The topological polar surface area (TPSA) is 24.9 Å². The summed E-state index contributed by atoms with van der Waals surface area (Å²) in [4.78, 5) is 5.65. The Kier molecular flexibility index (Phi) is 4.09. The molecule has 2 aromatic rings. The van der Waals surface area contributed by atoms with E-state index in [1.165, 1.54) is 10.4 Å². The van der Waals surface area contributed by atoms with E-state index < -0.39 is 0 Å². The first-order valence-corrected chi connectivity index (χ1v) is 7.16. The van der Waals surface area contributed by atoms with Crippen LogP contribution < -0.4 is 5.32 Å². The summed E-state index contributed by atoms with van der Waals surface area (Å²) in [5, 5.41) is 8.88. The molecule has 1 unspecified atom stereocenters. The van der Waals surface area contributed by atoms with Gasteiger partial charge < -0.3 is 5.32 Å². The molecule has 0 bridgehead atoms. The van der Waals surface area contributed by atoms with Crippen LogP contribution in [-0.2, 0) is 6.42 Å². The van der Waals surface area contributed by atoms with Gasteiger partial charge in [0.2, 0.25) is 0 Å². The summed E-state index contributed by atoms with van der Waals surface area (Å²) in [6, 6.07) is 2.64. The van der Waals surface area contributed by atoms with Gasteiger partial charge >= 0.3 is 0 Å². The van der Waals surface area contributed by atoms with Crippen LogP contribution in [0.2, 0.25) is 0 Å². The van der Waals surface area contributed by atoms with Crippen LogP contribution in [0.3, 0.4) is 0 Å². The van der Waals surface area contributed by atoms with Crippen molar-refractivity contribution in [3.63, 3.8) is 0 Å². The van der Waals surface area contributed by atoms with Crippen molar-refractivity contribution in [1.29, 1.82) is 0 Å².